The number of rotatable bonds is 7. The highest BCUT2D eigenvalue weighted by atomic mass is 16.6. The Morgan fingerprint density at radius 1 is 1.33 bits per heavy atom. The second kappa shape index (κ2) is 7.24. The molecule has 1 fully saturated rings. The molecule has 0 amide bonds. The molecular weight excluding hydrogens is 270 g/mol. The summed E-state index contributed by atoms with van der Waals surface area (Å²) in [5, 5.41) is 14.1. The molecule has 0 saturated heterocycles. The van der Waals surface area contributed by atoms with Gasteiger partial charge in [0.05, 0.1) is 10.6 Å². The van der Waals surface area contributed by atoms with Crippen molar-refractivity contribution in [2.75, 3.05) is 30.9 Å². The van der Waals surface area contributed by atoms with Gasteiger partial charge in [-0.25, -0.2) is 0 Å². The summed E-state index contributed by atoms with van der Waals surface area (Å²) in [6, 6.07) is 5.38. The van der Waals surface area contributed by atoms with E-state index in [4.69, 9.17) is 5.84 Å². The summed E-state index contributed by atoms with van der Waals surface area (Å²) < 4.78 is 0. The van der Waals surface area contributed by atoms with Crippen LogP contribution in [0.1, 0.15) is 25.7 Å². The Bertz CT molecular complexity index is 488. The Hall–Kier alpha value is -1.86. The molecule has 0 spiro atoms. The number of nitrogen functional groups attached to an aromatic ring is 1. The maximum Gasteiger partial charge on any atom is 0.273 e. The molecule has 1 aromatic rings. The Kier molecular flexibility index (Phi) is 5.35. The van der Waals surface area contributed by atoms with Crippen LogP contribution in [0.15, 0.2) is 18.2 Å². The Labute approximate surface area is 124 Å². The summed E-state index contributed by atoms with van der Waals surface area (Å²) in [4.78, 5) is 12.8. The maximum absolute atomic E-state index is 10.9. The van der Waals surface area contributed by atoms with Gasteiger partial charge in [0.2, 0.25) is 0 Å². The normalized spacial score (nSPS) is 15.4. The summed E-state index contributed by atoms with van der Waals surface area (Å²) in [6.07, 6.45) is 5.18. The minimum Gasteiger partial charge on any atom is -0.383 e. The van der Waals surface area contributed by atoms with Crippen molar-refractivity contribution in [2.24, 2.45) is 5.84 Å². The second-order valence-corrected chi connectivity index (χ2v) is 5.52. The summed E-state index contributed by atoms with van der Waals surface area (Å²) in [7, 11) is 2.14. The number of hydrogen-bond acceptors (Lipinski definition) is 6. The van der Waals surface area contributed by atoms with E-state index in [1.54, 1.807) is 6.07 Å². The highest BCUT2D eigenvalue weighted by Crippen LogP contribution is 2.24. The highest BCUT2D eigenvalue weighted by molar-refractivity contribution is 5.63. The van der Waals surface area contributed by atoms with Crippen LogP contribution in [0.4, 0.5) is 17.1 Å². The van der Waals surface area contributed by atoms with Gasteiger partial charge in [-0.2, -0.15) is 0 Å². The predicted octanol–water partition coefficient (Wildman–Crippen LogP) is 2.17. The van der Waals surface area contributed by atoms with Crippen molar-refractivity contribution in [1.29, 1.82) is 0 Å². The molecular formula is C14H23N5O2. The monoisotopic (exact) mass is 293 g/mol. The fourth-order valence-corrected chi connectivity index (χ4v) is 2.81. The van der Waals surface area contributed by atoms with E-state index < -0.39 is 4.92 Å². The van der Waals surface area contributed by atoms with E-state index >= 15 is 0 Å². The first-order valence-corrected chi connectivity index (χ1v) is 7.30. The Morgan fingerprint density at radius 3 is 2.62 bits per heavy atom. The lowest BCUT2D eigenvalue weighted by Gasteiger charge is -2.24. The van der Waals surface area contributed by atoms with Gasteiger partial charge in [-0.1, -0.05) is 12.8 Å². The van der Waals surface area contributed by atoms with Crippen molar-refractivity contribution in [3.8, 4) is 0 Å². The highest BCUT2D eigenvalue weighted by Gasteiger charge is 2.18. The zero-order chi connectivity index (χ0) is 15.2. The third-order valence-corrected chi connectivity index (χ3v) is 4.04. The third kappa shape index (κ3) is 4.30. The summed E-state index contributed by atoms with van der Waals surface area (Å²) in [5.74, 6) is 5.34. The molecule has 116 valence electrons. The number of hydrogen-bond donors (Lipinski definition) is 3. The van der Waals surface area contributed by atoms with Gasteiger partial charge in [0, 0.05) is 37.0 Å². The van der Waals surface area contributed by atoms with Crippen LogP contribution in [0.25, 0.3) is 0 Å². The van der Waals surface area contributed by atoms with Crippen molar-refractivity contribution in [1.82, 2.24) is 4.90 Å². The molecule has 21 heavy (non-hydrogen) atoms. The van der Waals surface area contributed by atoms with Crippen molar-refractivity contribution in [3.63, 3.8) is 0 Å². The molecule has 1 aromatic carbocycles. The van der Waals surface area contributed by atoms with Crippen LogP contribution in [0.2, 0.25) is 0 Å². The van der Waals surface area contributed by atoms with Gasteiger partial charge >= 0.3 is 0 Å². The van der Waals surface area contributed by atoms with Gasteiger partial charge in [-0.05, 0) is 26.0 Å². The average Bonchev–Trinajstić information content (AvgIpc) is 3.01. The van der Waals surface area contributed by atoms with Crippen molar-refractivity contribution < 1.29 is 4.92 Å². The quantitative estimate of drug-likeness (QED) is 0.405. The van der Waals surface area contributed by atoms with Crippen LogP contribution in [0, 0.1) is 10.1 Å². The van der Waals surface area contributed by atoms with Crippen LogP contribution in [-0.2, 0) is 0 Å². The minimum absolute atomic E-state index is 0.0251. The van der Waals surface area contributed by atoms with Gasteiger partial charge in [-0.15, -0.1) is 0 Å². The van der Waals surface area contributed by atoms with E-state index in [1.807, 2.05) is 0 Å². The average molecular weight is 293 g/mol. The number of likely N-dealkylation sites (N-methyl/N-ethyl adjacent to an activating group) is 1. The molecule has 0 aliphatic heterocycles. The molecule has 7 nitrogen and oxygen atoms in total. The molecule has 2 rings (SSSR count). The topological polar surface area (TPSA) is 96.5 Å². The summed E-state index contributed by atoms with van der Waals surface area (Å²) >= 11 is 0. The third-order valence-electron chi connectivity index (χ3n) is 4.04. The number of nitrogens with zero attached hydrogens (tertiary/aromatic N) is 2. The van der Waals surface area contributed by atoms with E-state index in [0.717, 1.165) is 13.1 Å². The van der Waals surface area contributed by atoms with Crippen LogP contribution < -0.4 is 16.6 Å². The van der Waals surface area contributed by atoms with Gasteiger partial charge in [0.15, 0.2) is 0 Å². The molecule has 4 N–H and O–H groups in total. The van der Waals surface area contributed by atoms with E-state index in [1.165, 1.54) is 37.8 Å². The molecule has 1 aliphatic rings. The van der Waals surface area contributed by atoms with Gasteiger partial charge in [0.1, 0.15) is 0 Å². The number of benzene rings is 1. The number of nitro benzene ring substituents is 1. The fraction of sp³-hybridized carbons (Fsp3) is 0.571. The summed E-state index contributed by atoms with van der Waals surface area (Å²) in [5.41, 5.74) is 3.71. The van der Waals surface area contributed by atoms with Crippen molar-refractivity contribution in [2.45, 2.75) is 31.7 Å². The zero-order valence-corrected chi connectivity index (χ0v) is 12.3. The Morgan fingerprint density at radius 2 is 2.00 bits per heavy atom. The molecule has 7 heteroatoms. The van der Waals surface area contributed by atoms with E-state index in [-0.39, 0.29) is 5.69 Å². The lowest BCUT2D eigenvalue weighted by Crippen LogP contribution is -2.33. The van der Waals surface area contributed by atoms with Gasteiger partial charge < -0.3 is 15.6 Å². The lowest BCUT2D eigenvalue weighted by atomic mass is 10.2. The van der Waals surface area contributed by atoms with Crippen LogP contribution in [0.5, 0.6) is 0 Å². The molecule has 0 atom stereocenters. The molecule has 0 aromatic heterocycles. The van der Waals surface area contributed by atoms with E-state index in [2.05, 4.69) is 22.7 Å². The van der Waals surface area contributed by atoms with E-state index in [9.17, 15) is 10.1 Å². The minimum atomic E-state index is -0.420. The molecule has 0 radical (unpaired) electrons. The molecule has 1 aliphatic carbocycles. The number of non-ortho nitro benzene ring substituents is 1. The first-order valence-electron chi connectivity index (χ1n) is 7.30. The number of hydrazine groups is 1. The number of anilines is 2. The van der Waals surface area contributed by atoms with Crippen molar-refractivity contribution in [3.05, 3.63) is 28.3 Å². The smallest absolute Gasteiger partial charge is 0.273 e. The predicted molar refractivity (Wildman–Crippen MR) is 84.3 cm³/mol. The number of nitro groups is 1. The lowest BCUT2D eigenvalue weighted by molar-refractivity contribution is -0.384. The molecule has 0 heterocycles. The van der Waals surface area contributed by atoms with Crippen LogP contribution >= 0.6 is 0 Å². The van der Waals surface area contributed by atoms with E-state index in [0.29, 0.717) is 17.4 Å². The number of nitrogens with one attached hydrogen (secondary N) is 2. The Balaban J connectivity index is 1.89. The fourth-order valence-electron chi connectivity index (χ4n) is 2.81. The molecule has 0 unspecified atom stereocenters. The van der Waals surface area contributed by atoms with Gasteiger partial charge in [0.25, 0.3) is 5.69 Å². The molecule has 0 bridgehead atoms. The number of nitrogens with two attached hydrogens (primary N) is 1. The van der Waals surface area contributed by atoms with Gasteiger partial charge in [-0.3, -0.25) is 16.0 Å². The standard InChI is InChI=1S/C14H23N5O2/c1-18(13-4-2-3-5-13)7-6-16-11-8-12(17-15)10-14(9-11)19(20)21/h8-10,13,16-17H,2-7,15H2,1H3. The van der Waals surface area contributed by atoms with Crippen LogP contribution in [0.3, 0.4) is 0 Å². The van der Waals surface area contributed by atoms with Crippen molar-refractivity contribution >= 4 is 17.1 Å². The first-order chi connectivity index (χ1) is 10.1. The zero-order valence-electron chi connectivity index (χ0n) is 12.3. The molecule has 1 saturated carbocycles. The summed E-state index contributed by atoms with van der Waals surface area (Å²) in [6.45, 7) is 1.66. The SMILES string of the molecule is CN(CCNc1cc(NN)cc([N+](=O)[O-])c1)C1CCCC1. The first kappa shape index (κ1) is 15.5. The maximum atomic E-state index is 10.9. The second-order valence-electron chi connectivity index (χ2n) is 5.52. The van der Waals surface area contributed by atoms with Crippen LogP contribution in [-0.4, -0.2) is 36.0 Å². The largest absolute Gasteiger partial charge is 0.383 e.